The van der Waals surface area contributed by atoms with Gasteiger partial charge in [0.25, 0.3) is 0 Å². The number of hydrogen-bond acceptors (Lipinski definition) is 2. The lowest BCUT2D eigenvalue weighted by atomic mass is 9.97. The van der Waals surface area contributed by atoms with Crippen LogP contribution in [0.2, 0.25) is 0 Å². The molecule has 0 aromatic heterocycles. The molecule has 62 valence electrons. The van der Waals surface area contributed by atoms with Crippen molar-refractivity contribution in [3.05, 3.63) is 0 Å². The van der Waals surface area contributed by atoms with E-state index in [1.807, 2.05) is 6.92 Å². The summed E-state index contributed by atoms with van der Waals surface area (Å²) in [6.07, 6.45) is 2.49. The molecular weight excluding hydrogens is 138 g/mol. The lowest BCUT2D eigenvalue weighted by Crippen LogP contribution is -2.30. The van der Waals surface area contributed by atoms with Crippen LogP contribution in [0.5, 0.6) is 0 Å². The standard InChI is InChI=1S/C9H15NO/c1-2-3-4-5-9(11)6-7-10-8-9/h10-11H,4-8H2,1H3. The third kappa shape index (κ3) is 2.53. The molecule has 1 atom stereocenters. The Morgan fingerprint density at radius 3 is 3.00 bits per heavy atom. The number of nitrogens with one attached hydrogen (secondary N) is 1. The van der Waals surface area contributed by atoms with Crippen LogP contribution in [0, 0.1) is 11.8 Å². The van der Waals surface area contributed by atoms with E-state index in [0.717, 1.165) is 32.4 Å². The van der Waals surface area contributed by atoms with Gasteiger partial charge >= 0.3 is 0 Å². The highest BCUT2D eigenvalue weighted by atomic mass is 16.3. The molecule has 11 heavy (non-hydrogen) atoms. The second kappa shape index (κ2) is 3.75. The van der Waals surface area contributed by atoms with Crippen LogP contribution in [0.3, 0.4) is 0 Å². The van der Waals surface area contributed by atoms with E-state index in [9.17, 15) is 5.11 Å². The summed E-state index contributed by atoms with van der Waals surface area (Å²) < 4.78 is 0. The van der Waals surface area contributed by atoms with Crippen molar-refractivity contribution in [2.24, 2.45) is 0 Å². The molecule has 0 aromatic carbocycles. The fourth-order valence-corrected chi connectivity index (χ4v) is 1.36. The van der Waals surface area contributed by atoms with Crippen LogP contribution in [0.1, 0.15) is 26.2 Å². The molecule has 2 nitrogen and oxygen atoms in total. The SMILES string of the molecule is CC#CCCC1(O)CCNC1. The Morgan fingerprint density at radius 1 is 1.64 bits per heavy atom. The molecule has 1 unspecified atom stereocenters. The van der Waals surface area contributed by atoms with Crippen molar-refractivity contribution in [1.29, 1.82) is 0 Å². The zero-order valence-corrected chi connectivity index (χ0v) is 6.98. The third-order valence-corrected chi connectivity index (χ3v) is 2.11. The van der Waals surface area contributed by atoms with Gasteiger partial charge in [-0.2, -0.15) is 0 Å². The van der Waals surface area contributed by atoms with Crippen molar-refractivity contribution >= 4 is 0 Å². The third-order valence-electron chi connectivity index (χ3n) is 2.11. The number of rotatable bonds is 2. The predicted octanol–water partition coefficient (Wildman–Crippen LogP) is 0.514. The minimum atomic E-state index is -0.468. The van der Waals surface area contributed by atoms with E-state index < -0.39 is 5.60 Å². The van der Waals surface area contributed by atoms with E-state index >= 15 is 0 Å². The van der Waals surface area contributed by atoms with Crippen LogP contribution >= 0.6 is 0 Å². The summed E-state index contributed by atoms with van der Waals surface area (Å²) in [5.41, 5.74) is -0.468. The largest absolute Gasteiger partial charge is 0.388 e. The molecule has 0 amide bonds. The first-order valence-electron chi connectivity index (χ1n) is 4.09. The topological polar surface area (TPSA) is 32.3 Å². The molecule has 1 heterocycles. The van der Waals surface area contributed by atoms with Gasteiger partial charge in [0.15, 0.2) is 0 Å². The Morgan fingerprint density at radius 2 is 2.45 bits per heavy atom. The van der Waals surface area contributed by atoms with Gasteiger partial charge in [-0.05, 0) is 26.3 Å². The zero-order valence-electron chi connectivity index (χ0n) is 6.98. The normalized spacial score (nSPS) is 29.6. The maximum atomic E-state index is 9.79. The second-order valence-corrected chi connectivity index (χ2v) is 3.08. The summed E-state index contributed by atoms with van der Waals surface area (Å²) in [4.78, 5) is 0. The van der Waals surface area contributed by atoms with Crippen LogP contribution in [0.15, 0.2) is 0 Å². The highest BCUT2D eigenvalue weighted by Gasteiger charge is 2.29. The average molecular weight is 153 g/mol. The predicted molar refractivity (Wildman–Crippen MR) is 45.1 cm³/mol. The molecule has 2 N–H and O–H groups in total. The smallest absolute Gasteiger partial charge is 0.0792 e. The van der Waals surface area contributed by atoms with Crippen molar-refractivity contribution in [2.75, 3.05) is 13.1 Å². The van der Waals surface area contributed by atoms with Gasteiger partial charge in [-0.1, -0.05) is 0 Å². The molecule has 1 aliphatic heterocycles. The summed E-state index contributed by atoms with van der Waals surface area (Å²) in [5.74, 6) is 5.79. The van der Waals surface area contributed by atoms with E-state index in [0.29, 0.717) is 0 Å². The summed E-state index contributed by atoms with van der Waals surface area (Å²) in [6.45, 7) is 3.51. The van der Waals surface area contributed by atoms with Crippen LogP contribution in [0.4, 0.5) is 0 Å². The maximum absolute atomic E-state index is 9.79. The highest BCUT2D eigenvalue weighted by molar-refractivity contribution is 4.98. The van der Waals surface area contributed by atoms with E-state index in [1.165, 1.54) is 0 Å². The van der Waals surface area contributed by atoms with Crippen LogP contribution in [-0.2, 0) is 0 Å². The van der Waals surface area contributed by atoms with E-state index in [1.54, 1.807) is 0 Å². The highest BCUT2D eigenvalue weighted by Crippen LogP contribution is 2.19. The summed E-state index contributed by atoms with van der Waals surface area (Å²) in [6, 6.07) is 0. The molecule has 1 rings (SSSR count). The molecule has 0 spiro atoms. The summed E-state index contributed by atoms with van der Waals surface area (Å²) in [7, 11) is 0. The Bertz CT molecular complexity index is 172. The quantitative estimate of drug-likeness (QED) is 0.567. The first kappa shape index (κ1) is 8.58. The van der Waals surface area contributed by atoms with Crippen molar-refractivity contribution in [3.63, 3.8) is 0 Å². The summed E-state index contributed by atoms with van der Waals surface area (Å²) in [5, 5.41) is 12.9. The number of β-amino-alcohol motifs (C(OH)–C–C–N with tert-alkyl or cyclic N) is 1. The van der Waals surface area contributed by atoms with Gasteiger partial charge < -0.3 is 10.4 Å². The zero-order chi connectivity index (χ0) is 8.16. The van der Waals surface area contributed by atoms with Crippen LogP contribution < -0.4 is 5.32 Å². The van der Waals surface area contributed by atoms with E-state index in [-0.39, 0.29) is 0 Å². The molecular formula is C9H15NO. The van der Waals surface area contributed by atoms with Gasteiger partial charge in [0.05, 0.1) is 5.60 Å². The lowest BCUT2D eigenvalue weighted by molar-refractivity contribution is 0.0539. The van der Waals surface area contributed by atoms with Gasteiger partial charge in [-0.3, -0.25) is 0 Å². The van der Waals surface area contributed by atoms with Gasteiger partial charge in [-0.25, -0.2) is 0 Å². The number of hydrogen-bond donors (Lipinski definition) is 2. The second-order valence-electron chi connectivity index (χ2n) is 3.08. The van der Waals surface area contributed by atoms with Crippen LogP contribution in [-0.4, -0.2) is 23.8 Å². The minimum absolute atomic E-state index is 0.468. The number of aliphatic hydroxyl groups is 1. The van der Waals surface area contributed by atoms with Gasteiger partial charge in [0, 0.05) is 13.0 Å². The molecule has 0 radical (unpaired) electrons. The first-order chi connectivity index (χ1) is 5.27. The molecule has 0 aromatic rings. The van der Waals surface area contributed by atoms with Crippen molar-refractivity contribution in [1.82, 2.24) is 5.32 Å². The lowest BCUT2D eigenvalue weighted by Gasteiger charge is -2.19. The van der Waals surface area contributed by atoms with Crippen LogP contribution in [0.25, 0.3) is 0 Å². The van der Waals surface area contributed by atoms with Crippen molar-refractivity contribution < 1.29 is 5.11 Å². The van der Waals surface area contributed by atoms with Gasteiger partial charge in [0.2, 0.25) is 0 Å². The molecule has 0 saturated carbocycles. The van der Waals surface area contributed by atoms with Gasteiger partial charge in [-0.15, -0.1) is 11.8 Å². The molecule has 1 aliphatic rings. The summed E-state index contributed by atoms with van der Waals surface area (Å²) >= 11 is 0. The fraction of sp³-hybridized carbons (Fsp3) is 0.778. The Balaban J connectivity index is 2.26. The molecule has 0 aliphatic carbocycles. The molecule has 0 bridgehead atoms. The Kier molecular flexibility index (Phi) is 2.92. The average Bonchev–Trinajstić information content (AvgIpc) is 2.38. The molecule has 1 saturated heterocycles. The Hall–Kier alpha value is -0.520. The van der Waals surface area contributed by atoms with E-state index in [2.05, 4.69) is 17.2 Å². The minimum Gasteiger partial charge on any atom is -0.388 e. The van der Waals surface area contributed by atoms with Gasteiger partial charge in [0.1, 0.15) is 0 Å². The Labute approximate surface area is 68.0 Å². The van der Waals surface area contributed by atoms with E-state index in [4.69, 9.17) is 0 Å². The monoisotopic (exact) mass is 153 g/mol. The fourth-order valence-electron chi connectivity index (χ4n) is 1.36. The molecule has 1 fully saturated rings. The van der Waals surface area contributed by atoms with Crippen molar-refractivity contribution in [2.45, 2.75) is 31.8 Å². The van der Waals surface area contributed by atoms with Crippen molar-refractivity contribution in [3.8, 4) is 11.8 Å². The first-order valence-corrected chi connectivity index (χ1v) is 4.09. The molecule has 2 heteroatoms. The maximum Gasteiger partial charge on any atom is 0.0792 e.